The number of non-ortho nitro benzene ring substituents is 1. The van der Waals surface area contributed by atoms with Gasteiger partial charge in [0, 0.05) is 29.0 Å². The van der Waals surface area contributed by atoms with Crippen LogP contribution in [0.25, 0.3) is 0 Å². The molecule has 0 spiro atoms. The Morgan fingerprint density at radius 3 is 2.12 bits per heavy atom. The third kappa shape index (κ3) is 6.73. The number of nitrogens with zero attached hydrogens (tertiary/aromatic N) is 2. The van der Waals surface area contributed by atoms with E-state index in [9.17, 15) is 19.7 Å². The number of hydrogen-bond donors (Lipinski definition) is 1. The van der Waals surface area contributed by atoms with Crippen LogP contribution in [0.15, 0.2) is 29.2 Å². The van der Waals surface area contributed by atoms with Gasteiger partial charge in [-0.05, 0) is 39.8 Å². The van der Waals surface area contributed by atoms with Crippen molar-refractivity contribution in [1.29, 1.82) is 0 Å². The first-order valence-electron chi connectivity index (χ1n) is 7.09. The van der Waals surface area contributed by atoms with Crippen molar-refractivity contribution in [2.24, 2.45) is 0 Å². The second kappa shape index (κ2) is 8.96. The van der Waals surface area contributed by atoms with Crippen LogP contribution in [0.3, 0.4) is 0 Å². The highest BCUT2D eigenvalue weighted by molar-refractivity contribution is 7.97. The Balaban J connectivity index is 2.85. The van der Waals surface area contributed by atoms with Crippen molar-refractivity contribution in [1.82, 2.24) is 9.84 Å². The van der Waals surface area contributed by atoms with E-state index in [2.05, 4.69) is 5.43 Å². The van der Waals surface area contributed by atoms with Crippen molar-refractivity contribution in [3.63, 3.8) is 0 Å². The number of rotatable bonds is 5. The minimum Gasteiger partial charge on any atom is -0.446 e. The Hall–Kier alpha value is -2.49. The van der Waals surface area contributed by atoms with Gasteiger partial charge >= 0.3 is 12.2 Å². The van der Waals surface area contributed by atoms with Gasteiger partial charge in [0.2, 0.25) is 0 Å². The molecule has 1 aromatic carbocycles. The van der Waals surface area contributed by atoms with Crippen LogP contribution in [0.4, 0.5) is 15.3 Å². The van der Waals surface area contributed by atoms with Crippen LogP contribution in [0, 0.1) is 10.1 Å². The standard InChI is InChI=1S/C14H19N3O6S/c1-9(2)22-13(18)15-16(14(19)23-10(3)4)24-12-7-5-11(6-8-12)17(20)21/h5-10H,1-4H3,(H,15,18). The molecule has 0 aliphatic carbocycles. The molecule has 0 saturated carbocycles. The van der Waals surface area contributed by atoms with E-state index in [1.54, 1.807) is 27.7 Å². The molecule has 0 aliphatic heterocycles. The summed E-state index contributed by atoms with van der Waals surface area (Å²) in [6.07, 6.45) is -2.37. The SMILES string of the molecule is CC(C)OC(=O)NN(Sc1ccc([N+](=O)[O-])cc1)C(=O)OC(C)C. The number of nitro groups is 1. The number of ether oxygens (including phenoxy) is 2. The van der Waals surface area contributed by atoms with Crippen molar-refractivity contribution in [2.45, 2.75) is 44.8 Å². The van der Waals surface area contributed by atoms with E-state index in [4.69, 9.17) is 9.47 Å². The van der Waals surface area contributed by atoms with E-state index in [1.807, 2.05) is 0 Å². The highest BCUT2D eigenvalue weighted by Crippen LogP contribution is 2.24. The highest BCUT2D eigenvalue weighted by Gasteiger charge is 2.22. The summed E-state index contributed by atoms with van der Waals surface area (Å²) in [5.74, 6) is 0. The number of benzene rings is 1. The molecule has 1 rings (SSSR count). The fourth-order valence-electron chi connectivity index (χ4n) is 1.41. The molecule has 0 unspecified atom stereocenters. The zero-order valence-electron chi connectivity index (χ0n) is 13.7. The molecule has 0 aromatic heterocycles. The lowest BCUT2D eigenvalue weighted by Gasteiger charge is -2.22. The predicted octanol–water partition coefficient (Wildman–Crippen LogP) is 3.50. The third-order valence-electron chi connectivity index (χ3n) is 2.28. The fraction of sp³-hybridized carbons (Fsp3) is 0.429. The minimum absolute atomic E-state index is 0.0807. The van der Waals surface area contributed by atoms with Crippen LogP contribution in [0.2, 0.25) is 0 Å². The summed E-state index contributed by atoms with van der Waals surface area (Å²) in [5, 5.41) is 10.7. The van der Waals surface area contributed by atoms with Gasteiger partial charge in [-0.1, -0.05) is 0 Å². The summed E-state index contributed by atoms with van der Waals surface area (Å²) in [6.45, 7) is 6.66. The number of amides is 2. The van der Waals surface area contributed by atoms with Crippen LogP contribution in [0.5, 0.6) is 0 Å². The maximum atomic E-state index is 12.1. The molecule has 0 bridgehead atoms. The monoisotopic (exact) mass is 357 g/mol. The number of hydrazine groups is 1. The summed E-state index contributed by atoms with van der Waals surface area (Å²) < 4.78 is 10.8. The zero-order valence-corrected chi connectivity index (χ0v) is 14.5. The van der Waals surface area contributed by atoms with Crippen LogP contribution in [0.1, 0.15) is 27.7 Å². The Morgan fingerprint density at radius 2 is 1.67 bits per heavy atom. The lowest BCUT2D eigenvalue weighted by atomic mass is 10.3. The Kier molecular flexibility index (Phi) is 7.31. The van der Waals surface area contributed by atoms with Crippen molar-refractivity contribution in [2.75, 3.05) is 0 Å². The molecule has 0 aliphatic rings. The molecule has 0 saturated heterocycles. The van der Waals surface area contributed by atoms with Gasteiger partial charge < -0.3 is 9.47 Å². The largest absolute Gasteiger partial charge is 0.446 e. The topological polar surface area (TPSA) is 111 Å². The van der Waals surface area contributed by atoms with E-state index in [1.165, 1.54) is 24.3 Å². The van der Waals surface area contributed by atoms with E-state index in [-0.39, 0.29) is 17.9 Å². The molecule has 0 heterocycles. The highest BCUT2D eigenvalue weighted by atomic mass is 32.2. The molecule has 24 heavy (non-hydrogen) atoms. The lowest BCUT2D eigenvalue weighted by molar-refractivity contribution is -0.384. The molecule has 0 fully saturated rings. The average molecular weight is 357 g/mol. The van der Waals surface area contributed by atoms with Gasteiger partial charge in [-0.3, -0.25) is 10.1 Å². The molecule has 1 N–H and O–H groups in total. The summed E-state index contributed by atoms with van der Waals surface area (Å²) in [7, 11) is 0. The molecular weight excluding hydrogens is 338 g/mol. The molecule has 0 radical (unpaired) electrons. The van der Waals surface area contributed by atoms with Gasteiger partial charge in [0.25, 0.3) is 5.69 Å². The molecule has 0 atom stereocenters. The second-order valence-corrected chi connectivity index (χ2v) is 6.15. The number of nitro benzene ring substituents is 1. The minimum atomic E-state index is -0.819. The van der Waals surface area contributed by atoms with E-state index in [0.29, 0.717) is 4.90 Å². The van der Waals surface area contributed by atoms with E-state index in [0.717, 1.165) is 16.4 Å². The van der Waals surface area contributed by atoms with Gasteiger partial charge in [-0.25, -0.2) is 15.0 Å². The van der Waals surface area contributed by atoms with Crippen molar-refractivity contribution >= 4 is 29.8 Å². The maximum Gasteiger partial charge on any atom is 0.440 e. The molecule has 2 amide bonds. The second-order valence-electron chi connectivity index (χ2n) is 5.14. The first kappa shape index (κ1) is 19.6. The van der Waals surface area contributed by atoms with Gasteiger partial charge in [0.15, 0.2) is 0 Å². The van der Waals surface area contributed by atoms with Gasteiger partial charge in [-0.15, -0.1) is 4.41 Å². The van der Waals surface area contributed by atoms with Gasteiger partial charge in [-0.2, -0.15) is 0 Å². The van der Waals surface area contributed by atoms with Crippen molar-refractivity contribution in [3.8, 4) is 0 Å². The van der Waals surface area contributed by atoms with Crippen molar-refractivity contribution < 1.29 is 24.0 Å². The smallest absolute Gasteiger partial charge is 0.440 e. The zero-order chi connectivity index (χ0) is 18.3. The lowest BCUT2D eigenvalue weighted by Crippen LogP contribution is -2.43. The molecule has 1 aromatic rings. The number of carbonyl (C=O) groups is 2. The van der Waals surface area contributed by atoms with E-state index < -0.39 is 17.1 Å². The Labute approximate surface area is 143 Å². The Bertz CT molecular complexity index is 591. The third-order valence-corrected chi connectivity index (χ3v) is 3.19. The number of nitrogens with one attached hydrogen (secondary N) is 1. The summed E-state index contributed by atoms with van der Waals surface area (Å²) in [4.78, 5) is 34.4. The summed E-state index contributed by atoms with van der Waals surface area (Å²) in [5.41, 5.74) is 2.19. The van der Waals surface area contributed by atoms with Crippen LogP contribution < -0.4 is 5.43 Å². The first-order chi connectivity index (χ1) is 11.2. The van der Waals surface area contributed by atoms with Gasteiger partial charge in [0.05, 0.1) is 17.1 Å². The molecule has 10 heteroatoms. The number of carbonyl (C=O) groups excluding carboxylic acids is 2. The quantitative estimate of drug-likeness (QED) is 0.487. The van der Waals surface area contributed by atoms with E-state index >= 15 is 0 Å². The van der Waals surface area contributed by atoms with Crippen LogP contribution in [-0.4, -0.2) is 33.7 Å². The summed E-state index contributed by atoms with van der Waals surface area (Å²) in [6, 6.07) is 5.49. The van der Waals surface area contributed by atoms with Crippen molar-refractivity contribution in [3.05, 3.63) is 34.4 Å². The maximum absolute atomic E-state index is 12.1. The van der Waals surface area contributed by atoms with Gasteiger partial charge in [0.1, 0.15) is 0 Å². The molecule has 9 nitrogen and oxygen atoms in total. The van der Waals surface area contributed by atoms with Crippen LogP contribution in [-0.2, 0) is 9.47 Å². The number of hydrogen-bond acceptors (Lipinski definition) is 7. The normalized spacial score (nSPS) is 10.4. The average Bonchev–Trinajstić information content (AvgIpc) is 2.45. The molecular formula is C14H19N3O6S. The Morgan fingerprint density at radius 1 is 1.12 bits per heavy atom. The first-order valence-corrected chi connectivity index (χ1v) is 7.86. The predicted molar refractivity (Wildman–Crippen MR) is 87.2 cm³/mol. The molecule has 132 valence electrons. The summed E-state index contributed by atoms with van der Waals surface area (Å²) >= 11 is 0.839. The fourth-order valence-corrected chi connectivity index (χ4v) is 2.12. The van der Waals surface area contributed by atoms with Crippen LogP contribution >= 0.6 is 11.9 Å².